The Bertz CT molecular complexity index is 2320. The number of aromatic nitrogens is 8. The maximum atomic E-state index is 14.2. The standard InChI is InChI=1S/C38H45N11O3/c1-5-48-35-26(24(3)45-48)12-7-6-8-19-49-31(20-23(2)44-49)32(50)22-33-41-28-21-25(36(39)51)15-16-29(28)46(33)17-9-10-18-47-30-14-11-13-27(40-4)34(30)42-38(47)43-37(35)52/h11,13-16,20-21,40H,5-10,12,17-19,22H2,1-4H3,(H2,39,51)(H,42,43,52). The Kier molecular flexibility index (Phi) is 9.63. The van der Waals surface area contributed by atoms with E-state index in [0.717, 1.165) is 71.3 Å². The van der Waals surface area contributed by atoms with E-state index < -0.39 is 5.91 Å². The van der Waals surface area contributed by atoms with Gasteiger partial charge in [-0.1, -0.05) is 12.5 Å². The van der Waals surface area contributed by atoms with E-state index in [1.165, 1.54) is 0 Å². The Labute approximate surface area is 301 Å². The first kappa shape index (κ1) is 34.6. The minimum atomic E-state index is -0.532. The molecule has 0 spiro atoms. The van der Waals surface area contributed by atoms with Gasteiger partial charge in [-0.25, -0.2) is 9.97 Å². The molecule has 2 aromatic carbocycles. The van der Waals surface area contributed by atoms with Gasteiger partial charge in [-0.05, 0) is 89.3 Å². The van der Waals surface area contributed by atoms with Crippen LogP contribution in [0.25, 0.3) is 22.1 Å². The van der Waals surface area contributed by atoms with E-state index >= 15 is 0 Å². The summed E-state index contributed by atoms with van der Waals surface area (Å²) in [5, 5.41) is 15.8. The van der Waals surface area contributed by atoms with Crippen molar-refractivity contribution in [3.8, 4) is 0 Å². The van der Waals surface area contributed by atoms with Gasteiger partial charge >= 0.3 is 0 Å². The molecule has 52 heavy (non-hydrogen) atoms. The Morgan fingerprint density at radius 3 is 2.48 bits per heavy atom. The number of hydrogen-bond acceptors (Lipinski definition) is 8. The van der Waals surface area contributed by atoms with Crippen LogP contribution >= 0.6 is 0 Å². The van der Waals surface area contributed by atoms with E-state index in [2.05, 4.69) is 24.9 Å². The number of ketones is 1. The third-order valence-electron chi connectivity index (χ3n) is 9.97. The minimum Gasteiger partial charge on any atom is -0.386 e. The van der Waals surface area contributed by atoms with Crippen molar-refractivity contribution in [3.05, 3.63) is 82.2 Å². The van der Waals surface area contributed by atoms with Crippen LogP contribution in [0.15, 0.2) is 42.5 Å². The van der Waals surface area contributed by atoms with Crippen molar-refractivity contribution in [2.75, 3.05) is 17.7 Å². The SMILES string of the molecule is CCn1nc(C)c2c1C(=O)Nc1nc3c(NC)cccc3n1CCCCn1c(nc3cc(C(N)=O)ccc31)CC(=O)c1cc(C)nn1CCCCC2. The van der Waals surface area contributed by atoms with Gasteiger partial charge in [0.05, 0.1) is 40.0 Å². The molecule has 5 heterocycles. The van der Waals surface area contributed by atoms with Gasteiger partial charge in [-0.3, -0.25) is 29.1 Å². The number of anilines is 2. The second-order valence-electron chi connectivity index (χ2n) is 13.5. The van der Waals surface area contributed by atoms with Crippen LogP contribution in [0.5, 0.6) is 0 Å². The third kappa shape index (κ3) is 6.56. The van der Waals surface area contributed by atoms with E-state index in [-0.39, 0.29) is 18.1 Å². The largest absolute Gasteiger partial charge is 0.386 e. The average Bonchev–Trinajstić information content (AvgIpc) is 3.87. The first-order valence-electron chi connectivity index (χ1n) is 18.1. The normalized spacial score (nSPS) is 15.0. The molecule has 0 fully saturated rings. The highest BCUT2D eigenvalue weighted by Crippen LogP contribution is 2.29. The summed E-state index contributed by atoms with van der Waals surface area (Å²) >= 11 is 0. The van der Waals surface area contributed by atoms with Crippen molar-refractivity contribution >= 4 is 51.3 Å². The molecule has 7 rings (SSSR count). The number of hydrogen-bond donors (Lipinski definition) is 3. The van der Waals surface area contributed by atoms with Crippen molar-refractivity contribution in [1.82, 2.24) is 38.7 Å². The van der Waals surface area contributed by atoms with Crippen molar-refractivity contribution in [3.63, 3.8) is 0 Å². The van der Waals surface area contributed by atoms with E-state index in [9.17, 15) is 14.4 Å². The number of carbonyl (C=O) groups excluding carboxylic acids is 3. The first-order chi connectivity index (χ1) is 25.2. The van der Waals surface area contributed by atoms with Gasteiger partial charge in [0.15, 0.2) is 5.78 Å². The Morgan fingerprint density at radius 1 is 0.923 bits per heavy atom. The number of nitrogens with two attached hydrogens (primary N) is 1. The summed E-state index contributed by atoms with van der Waals surface area (Å²) in [6.45, 7) is 8.18. The summed E-state index contributed by atoms with van der Waals surface area (Å²) in [7, 11) is 1.86. The van der Waals surface area contributed by atoms with Crippen LogP contribution in [0.4, 0.5) is 11.6 Å². The summed E-state index contributed by atoms with van der Waals surface area (Å²) in [6.07, 6.45) is 4.82. The molecule has 0 bridgehead atoms. The number of benzene rings is 2. The van der Waals surface area contributed by atoms with Gasteiger partial charge in [0, 0.05) is 44.4 Å². The molecule has 0 saturated heterocycles. The minimum absolute atomic E-state index is 0.0649. The fraction of sp³-hybridized carbons (Fsp3) is 0.395. The van der Waals surface area contributed by atoms with E-state index in [4.69, 9.17) is 20.8 Å². The van der Waals surface area contributed by atoms with Crippen molar-refractivity contribution in [1.29, 1.82) is 0 Å². The van der Waals surface area contributed by atoms with Crippen molar-refractivity contribution < 1.29 is 14.4 Å². The summed E-state index contributed by atoms with van der Waals surface area (Å²) in [4.78, 5) is 49.9. The molecule has 1 aliphatic rings. The number of aryl methyl sites for hydroxylation is 6. The number of carbonyl (C=O) groups is 3. The molecule has 14 nitrogen and oxygen atoms in total. The summed E-state index contributed by atoms with van der Waals surface area (Å²) < 4.78 is 7.72. The zero-order valence-electron chi connectivity index (χ0n) is 30.2. The number of rotatable bonds is 3. The van der Waals surface area contributed by atoms with Gasteiger partial charge in [0.25, 0.3) is 5.91 Å². The Balaban J connectivity index is 1.28. The molecule has 4 N–H and O–H groups in total. The predicted octanol–water partition coefficient (Wildman–Crippen LogP) is 5.44. The molecular weight excluding hydrogens is 658 g/mol. The first-order valence-corrected chi connectivity index (χ1v) is 18.1. The number of primary amides is 1. The van der Waals surface area contributed by atoms with E-state index in [1.807, 2.05) is 62.8 Å². The smallest absolute Gasteiger partial charge is 0.276 e. The maximum absolute atomic E-state index is 14.2. The van der Waals surface area contributed by atoms with Crippen LogP contribution in [-0.4, -0.2) is 63.3 Å². The van der Waals surface area contributed by atoms with Crippen molar-refractivity contribution in [2.24, 2.45) is 5.73 Å². The highest BCUT2D eigenvalue weighted by molar-refractivity contribution is 6.05. The molecule has 6 aromatic rings. The number of nitrogens with one attached hydrogen (secondary N) is 2. The lowest BCUT2D eigenvalue weighted by Gasteiger charge is -2.13. The number of para-hydroxylation sites is 1. The molecular formula is C38H45N11O3. The van der Waals surface area contributed by atoms with Crippen LogP contribution in [0, 0.1) is 13.8 Å². The predicted molar refractivity (Wildman–Crippen MR) is 200 cm³/mol. The molecule has 1 aliphatic heterocycles. The van der Waals surface area contributed by atoms with Gasteiger partial charge in [-0.2, -0.15) is 10.2 Å². The number of nitrogens with zero attached hydrogens (tertiary/aromatic N) is 8. The summed E-state index contributed by atoms with van der Waals surface area (Å²) in [6, 6.07) is 13.0. The number of Topliss-reactive ketones (excluding diaryl/α,β-unsaturated/α-hetero) is 1. The van der Waals surface area contributed by atoms with E-state index in [1.54, 1.807) is 16.8 Å². The highest BCUT2D eigenvalue weighted by atomic mass is 16.2. The van der Waals surface area contributed by atoms with Crippen molar-refractivity contribution in [2.45, 2.75) is 91.9 Å². The number of imidazole rings is 2. The fourth-order valence-corrected chi connectivity index (χ4v) is 7.40. The lowest BCUT2D eigenvalue weighted by Crippen LogP contribution is -2.21. The van der Waals surface area contributed by atoms with Crippen LogP contribution in [0.2, 0.25) is 0 Å². The lowest BCUT2D eigenvalue weighted by molar-refractivity contribution is 0.0975. The molecule has 2 amide bonds. The summed E-state index contributed by atoms with van der Waals surface area (Å²) in [5.41, 5.74) is 13.6. The fourth-order valence-electron chi connectivity index (χ4n) is 7.40. The zero-order chi connectivity index (χ0) is 36.5. The molecule has 270 valence electrons. The second-order valence-corrected chi connectivity index (χ2v) is 13.5. The molecule has 4 aromatic heterocycles. The lowest BCUT2D eigenvalue weighted by atomic mass is 10.0. The second kappa shape index (κ2) is 14.4. The molecule has 0 aliphatic carbocycles. The monoisotopic (exact) mass is 703 g/mol. The zero-order valence-corrected chi connectivity index (χ0v) is 30.2. The van der Waals surface area contributed by atoms with Crippen LogP contribution in [0.3, 0.4) is 0 Å². The third-order valence-corrected chi connectivity index (χ3v) is 9.97. The molecule has 0 atom stereocenters. The topological polar surface area (TPSA) is 173 Å². The van der Waals surface area contributed by atoms with Gasteiger partial charge in [-0.15, -0.1) is 0 Å². The Morgan fingerprint density at radius 2 is 1.71 bits per heavy atom. The van der Waals surface area contributed by atoms with Crippen LogP contribution < -0.4 is 16.4 Å². The number of fused-ring (bicyclic) bond motifs is 8. The summed E-state index contributed by atoms with van der Waals surface area (Å²) in [5.74, 6) is 0.270. The Hall–Kier alpha value is -5.79. The molecule has 0 unspecified atom stereocenters. The highest BCUT2D eigenvalue weighted by Gasteiger charge is 2.25. The van der Waals surface area contributed by atoms with Gasteiger partial charge in [0.2, 0.25) is 11.9 Å². The van der Waals surface area contributed by atoms with E-state index in [0.29, 0.717) is 66.8 Å². The quantitative estimate of drug-likeness (QED) is 0.219. The van der Waals surface area contributed by atoms with Crippen LogP contribution in [-0.2, 0) is 39.0 Å². The molecule has 0 radical (unpaired) electrons. The molecule has 14 heteroatoms. The average molecular weight is 704 g/mol. The molecule has 0 saturated carbocycles. The van der Waals surface area contributed by atoms with Gasteiger partial charge in [0.1, 0.15) is 22.7 Å². The number of amides is 2. The maximum Gasteiger partial charge on any atom is 0.276 e. The van der Waals surface area contributed by atoms with Crippen LogP contribution in [0.1, 0.15) is 93.1 Å². The van der Waals surface area contributed by atoms with Gasteiger partial charge < -0.3 is 20.2 Å².